The van der Waals surface area contributed by atoms with Crippen LogP contribution in [0.2, 0.25) is 0 Å². The molecule has 7 nitrogen and oxygen atoms in total. The molecule has 0 amide bonds. The molecule has 1 heterocycles. The van der Waals surface area contributed by atoms with Crippen LogP contribution in [-0.4, -0.2) is 24.3 Å². The molecule has 0 saturated heterocycles. The van der Waals surface area contributed by atoms with Gasteiger partial charge in [0.15, 0.2) is 11.5 Å². The van der Waals surface area contributed by atoms with Crippen LogP contribution in [0.3, 0.4) is 0 Å². The molecule has 3 N–H and O–H groups in total. The number of hydrogen-bond acceptors (Lipinski definition) is 7. The zero-order valence-corrected chi connectivity index (χ0v) is 15.9. The van der Waals surface area contributed by atoms with Crippen LogP contribution in [0.5, 0.6) is 17.2 Å². The van der Waals surface area contributed by atoms with Crippen molar-refractivity contribution in [1.82, 2.24) is 4.98 Å². The number of phenolic OH excluding ortho intramolecular Hbond substituents is 1. The number of nitriles is 2. The highest BCUT2D eigenvalue weighted by molar-refractivity contribution is 6.08. The van der Waals surface area contributed by atoms with E-state index in [4.69, 9.17) is 15.2 Å². The van der Waals surface area contributed by atoms with E-state index < -0.39 is 0 Å². The highest BCUT2D eigenvalue weighted by atomic mass is 16.5. The fourth-order valence-electron chi connectivity index (χ4n) is 3.36. The number of rotatable bonds is 3. The molecule has 1 aliphatic carbocycles. The van der Waals surface area contributed by atoms with Crippen LogP contribution in [0.15, 0.2) is 17.7 Å². The summed E-state index contributed by atoms with van der Waals surface area (Å²) in [6.45, 7) is 3.61. The van der Waals surface area contributed by atoms with Gasteiger partial charge in [0.1, 0.15) is 18.0 Å². The van der Waals surface area contributed by atoms with Gasteiger partial charge >= 0.3 is 0 Å². The second-order valence-electron chi connectivity index (χ2n) is 6.28. The lowest BCUT2D eigenvalue weighted by atomic mass is 9.95. The molecule has 2 aromatic rings. The van der Waals surface area contributed by atoms with Crippen molar-refractivity contribution in [3.8, 4) is 29.4 Å². The first-order chi connectivity index (χ1) is 13.4. The highest BCUT2D eigenvalue weighted by Crippen LogP contribution is 2.45. The van der Waals surface area contributed by atoms with Gasteiger partial charge in [-0.15, -0.1) is 0 Å². The van der Waals surface area contributed by atoms with Crippen molar-refractivity contribution in [3.05, 3.63) is 45.7 Å². The quantitative estimate of drug-likeness (QED) is 0.843. The maximum Gasteiger partial charge on any atom is 0.200 e. The minimum atomic E-state index is -0.0960. The minimum absolute atomic E-state index is 0.0960. The number of phenols is 1. The predicted molar refractivity (Wildman–Crippen MR) is 105 cm³/mol. The molecule has 0 aliphatic heterocycles. The Labute approximate surface area is 162 Å². The van der Waals surface area contributed by atoms with Crippen LogP contribution in [0.1, 0.15) is 34.9 Å². The molecule has 0 unspecified atom stereocenters. The third-order valence-electron chi connectivity index (χ3n) is 4.80. The van der Waals surface area contributed by atoms with Gasteiger partial charge in [-0.2, -0.15) is 10.5 Å². The van der Waals surface area contributed by atoms with Gasteiger partial charge in [0.2, 0.25) is 5.75 Å². The third kappa shape index (κ3) is 2.70. The lowest BCUT2D eigenvalue weighted by molar-refractivity contribution is 0.340. The number of ether oxygens (including phenoxy) is 2. The van der Waals surface area contributed by atoms with Crippen molar-refractivity contribution in [3.63, 3.8) is 0 Å². The minimum Gasteiger partial charge on any atom is -0.502 e. The fourth-order valence-corrected chi connectivity index (χ4v) is 3.36. The number of nitrogens with two attached hydrogens (primary N) is 1. The first kappa shape index (κ1) is 18.8. The van der Waals surface area contributed by atoms with Crippen molar-refractivity contribution in [2.24, 2.45) is 0 Å². The average molecular weight is 374 g/mol. The van der Waals surface area contributed by atoms with Crippen molar-refractivity contribution >= 4 is 23.0 Å². The summed E-state index contributed by atoms with van der Waals surface area (Å²) in [4.78, 5) is 4.31. The van der Waals surface area contributed by atoms with E-state index in [1.807, 2.05) is 13.0 Å². The second-order valence-corrected chi connectivity index (χ2v) is 6.28. The Hall–Kier alpha value is -3.97. The Morgan fingerprint density at radius 2 is 1.71 bits per heavy atom. The number of methoxy groups -OCH3 is 2. The third-order valence-corrected chi connectivity index (χ3v) is 4.80. The van der Waals surface area contributed by atoms with E-state index in [0.717, 1.165) is 11.1 Å². The molecule has 1 aromatic carbocycles. The number of benzene rings is 1. The summed E-state index contributed by atoms with van der Waals surface area (Å²) >= 11 is 0. The van der Waals surface area contributed by atoms with Gasteiger partial charge in [0.25, 0.3) is 0 Å². The van der Waals surface area contributed by atoms with E-state index >= 15 is 0 Å². The summed E-state index contributed by atoms with van der Waals surface area (Å²) in [7, 11) is 2.90. The van der Waals surface area contributed by atoms with E-state index in [2.05, 4.69) is 17.1 Å². The molecule has 3 rings (SSSR count). The van der Waals surface area contributed by atoms with Crippen LogP contribution < -0.4 is 15.2 Å². The van der Waals surface area contributed by atoms with Crippen molar-refractivity contribution in [2.75, 3.05) is 20.0 Å². The number of aromatic hydroxyl groups is 1. The molecule has 0 saturated carbocycles. The Balaban J connectivity index is 2.32. The Kier molecular flexibility index (Phi) is 4.69. The predicted octanol–water partition coefficient (Wildman–Crippen LogP) is 3.42. The van der Waals surface area contributed by atoms with Crippen LogP contribution in [0.25, 0.3) is 17.2 Å². The van der Waals surface area contributed by atoms with Gasteiger partial charge in [-0.1, -0.05) is 0 Å². The molecule has 1 aromatic heterocycles. The molecule has 1 aliphatic rings. The summed E-state index contributed by atoms with van der Waals surface area (Å²) < 4.78 is 10.4. The second kappa shape index (κ2) is 6.98. The molecule has 7 heteroatoms. The van der Waals surface area contributed by atoms with Crippen LogP contribution >= 0.6 is 0 Å². The van der Waals surface area contributed by atoms with E-state index in [1.165, 1.54) is 14.2 Å². The number of nitrogen functional groups attached to an aromatic ring is 1. The van der Waals surface area contributed by atoms with E-state index in [1.54, 1.807) is 19.1 Å². The molecule has 0 atom stereocenters. The van der Waals surface area contributed by atoms with Crippen LogP contribution in [0.4, 0.5) is 5.82 Å². The van der Waals surface area contributed by atoms with Gasteiger partial charge in [-0.05, 0) is 54.3 Å². The van der Waals surface area contributed by atoms with Gasteiger partial charge in [-0.25, -0.2) is 4.98 Å². The van der Waals surface area contributed by atoms with Crippen LogP contribution in [0, 0.1) is 29.6 Å². The molecule has 0 fully saturated rings. The van der Waals surface area contributed by atoms with Crippen molar-refractivity contribution in [1.29, 1.82) is 10.5 Å². The first-order valence-corrected chi connectivity index (χ1v) is 8.36. The lowest BCUT2D eigenvalue weighted by Crippen LogP contribution is -2.03. The maximum atomic E-state index is 10.1. The van der Waals surface area contributed by atoms with Crippen molar-refractivity contribution in [2.45, 2.75) is 13.8 Å². The number of allylic oxidation sites excluding steroid dienone is 3. The Morgan fingerprint density at radius 3 is 2.21 bits per heavy atom. The molecule has 28 heavy (non-hydrogen) atoms. The molecular weight excluding hydrogens is 356 g/mol. The monoisotopic (exact) mass is 374 g/mol. The summed E-state index contributed by atoms with van der Waals surface area (Å²) in [5.74, 6) is 0.530. The molecule has 0 spiro atoms. The van der Waals surface area contributed by atoms with Crippen LogP contribution in [-0.2, 0) is 0 Å². The zero-order valence-electron chi connectivity index (χ0n) is 15.9. The first-order valence-electron chi connectivity index (χ1n) is 8.36. The number of fused-ring (bicyclic) bond motifs is 1. The SMILES string of the molecule is COc1cc(/C=C2\C(C)=C(C#N)c3nc(N)c(C#N)c(C)c32)cc(OC)c1O. The summed E-state index contributed by atoms with van der Waals surface area (Å²) in [5.41, 5.74) is 10.6. The Morgan fingerprint density at radius 1 is 1.11 bits per heavy atom. The summed E-state index contributed by atoms with van der Waals surface area (Å²) in [6, 6.07) is 7.58. The molecule has 0 radical (unpaired) electrons. The van der Waals surface area contributed by atoms with E-state index in [9.17, 15) is 15.6 Å². The van der Waals surface area contributed by atoms with Gasteiger partial charge in [0, 0.05) is 5.56 Å². The average Bonchev–Trinajstić information content (AvgIpc) is 2.94. The lowest BCUT2D eigenvalue weighted by Gasteiger charge is -2.12. The molecular formula is C21H18N4O3. The summed E-state index contributed by atoms with van der Waals surface area (Å²) in [6.07, 6.45) is 1.84. The molecule has 140 valence electrons. The van der Waals surface area contributed by atoms with Gasteiger partial charge < -0.3 is 20.3 Å². The topological polar surface area (TPSA) is 125 Å². The smallest absolute Gasteiger partial charge is 0.200 e. The highest BCUT2D eigenvalue weighted by Gasteiger charge is 2.29. The normalized spacial score (nSPS) is 13.9. The van der Waals surface area contributed by atoms with Crippen molar-refractivity contribution < 1.29 is 14.6 Å². The standard InChI is InChI=1S/C21H18N4O3/c1-10-13(5-12-6-16(27-3)20(26)17(7-12)28-4)18-11(2)15(9-23)21(24)25-19(18)14(10)8-22/h5-7,26H,1-4H3,(H2,24,25)/b13-5+. The maximum absolute atomic E-state index is 10.1. The molecule has 0 bridgehead atoms. The number of hydrogen-bond donors (Lipinski definition) is 2. The summed E-state index contributed by atoms with van der Waals surface area (Å²) in [5, 5.41) is 29.2. The largest absolute Gasteiger partial charge is 0.502 e. The number of nitrogens with zero attached hydrogens (tertiary/aromatic N) is 3. The van der Waals surface area contributed by atoms with E-state index in [-0.39, 0.29) is 28.6 Å². The van der Waals surface area contributed by atoms with Gasteiger partial charge in [0.05, 0.1) is 31.1 Å². The Bertz CT molecular complexity index is 1120. The number of anilines is 1. The number of pyridine rings is 1. The fraction of sp³-hybridized carbons (Fsp3) is 0.190. The zero-order chi connectivity index (χ0) is 20.6. The van der Waals surface area contributed by atoms with E-state index in [0.29, 0.717) is 28.0 Å². The van der Waals surface area contributed by atoms with Gasteiger partial charge in [-0.3, -0.25) is 0 Å². The number of aromatic nitrogens is 1.